The first kappa shape index (κ1) is 17.2. The Labute approximate surface area is 161 Å². The summed E-state index contributed by atoms with van der Waals surface area (Å²) in [7, 11) is 1.58. The number of aryl methyl sites for hydroxylation is 1. The smallest absolute Gasteiger partial charge is 0.255 e. The van der Waals surface area contributed by atoms with Crippen molar-refractivity contribution >= 4 is 33.1 Å². The molecule has 0 aliphatic carbocycles. The third kappa shape index (κ3) is 3.55. The number of para-hydroxylation sites is 1. The number of nitrogens with zero attached hydrogens (tertiary/aromatic N) is 1. The maximum Gasteiger partial charge on any atom is 0.255 e. The van der Waals surface area contributed by atoms with E-state index in [4.69, 9.17) is 9.72 Å². The third-order valence-corrected chi connectivity index (χ3v) is 5.41. The lowest BCUT2D eigenvalue weighted by Crippen LogP contribution is -2.12. The van der Waals surface area contributed by atoms with Gasteiger partial charge in [0.2, 0.25) is 0 Å². The largest absolute Gasteiger partial charge is 0.497 e. The minimum absolute atomic E-state index is 0.166. The first-order valence-corrected chi connectivity index (χ1v) is 9.38. The molecule has 1 amide bonds. The number of thiazole rings is 1. The van der Waals surface area contributed by atoms with E-state index in [0.29, 0.717) is 11.3 Å². The predicted molar refractivity (Wildman–Crippen MR) is 111 cm³/mol. The summed E-state index contributed by atoms with van der Waals surface area (Å²) >= 11 is 1.67. The highest BCUT2D eigenvalue weighted by atomic mass is 32.1. The first-order chi connectivity index (χ1) is 13.1. The van der Waals surface area contributed by atoms with Crippen LogP contribution in [0.4, 0.5) is 5.69 Å². The van der Waals surface area contributed by atoms with Gasteiger partial charge in [-0.2, -0.15) is 0 Å². The number of rotatable bonds is 4. The summed E-state index contributed by atoms with van der Waals surface area (Å²) in [5, 5.41) is 3.93. The van der Waals surface area contributed by atoms with E-state index in [9.17, 15) is 4.79 Å². The summed E-state index contributed by atoms with van der Waals surface area (Å²) in [6.45, 7) is 2.03. The third-order valence-electron chi connectivity index (χ3n) is 4.34. The van der Waals surface area contributed by atoms with Gasteiger partial charge in [0.25, 0.3) is 5.91 Å². The number of carbonyl (C=O) groups is 1. The molecule has 4 nitrogen and oxygen atoms in total. The van der Waals surface area contributed by atoms with Crippen LogP contribution in [0.5, 0.6) is 5.75 Å². The van der Waals surface area contributed by atoms with E-state index in [2.05, 4.69) is 11.4 Å². The molecule has 0 radical (unpaired) electrons. The van der Waals surface area contributed by atoms with Crippen LogP contribution < -0.4 is 10.1 Å². The second kappa shape index (κ2) is 7.21. The molecule has 134 valence electrons. The van der Waals surface area contributed by atoms with Crippen molar-refractivity contribution < 1.29 is 9.53 Å². The molecule has 0 saturated carbocycles. The predicted octanol–water partition coefficient (Wildman–Crippen LogP) is 5.53. The van der Waals surface area contributed by atoms with Gasteiger partial charge in [-0.1, -0.05) is 18.2 Å². The molecule has 5 heteroatoms. The molecule has 1 aromatic heterocycles. The van der Waals surface area contributed by atoms with Gasteiger partial charge in [-0.05, 0) is 61.0 Å². The number of amides is 1. The van der Waals surface area contributed by atoms with Crippen LogP contribution in [0.1, 0.15) is 15.9 Å². The van der Waals surface area contributed by atoms with Crippen LogP contribution in [0.2, 0.25) is 0 Å². The minimum Gasteiger partial charge on any atom is -0.497 e. The van der Waals surface area contributed by atoms with Crippen LogP contribution >= 0.6 is 11.3 Å². The van der Waals surface area contributed by atoms with Crippen molar-refractivity contribution in [3.05, 3.63) is 77.9 Å². The van der Waals surface area contributed by atoms with Crippen LogP contribution in [-0.2, 0) is 0 Å². The average Bonchev–Trinajstić information content (AvgIpc) is 3.12. The van der Waals surface area contributed by atoms with Gasteiger partial charge in [-0.15, -0.1) is 11.3 Å². The monoisotopic (exact) mass is 374 g/mol. The number of carbonyl (C=O) groups excluding carboxylic acids is 1. The maximum atomic E-state index is 12.5. The number of methoxy groups -OCH3 is 1. The standard InChI is InChI=1S/C22H18N2O2S/c1-14-12-16(23-21(25)15-6-5-7-17(13-15)26-2)10-11-18(14)22-24-19-8-3-4-9-20(19)27-22/h3-13H,1-2H3,(H,23,25). The number of hydrogen-bond donors (Lipinski definition) is 1. The Morgan fingerprint density at radius 2 is 1.89 bits per heavy atom. The zero-order valence-electron chi connectivity index (χ0n) is 15.0. The van der Waals surface area contributed by atoms with Gasteiger partial charge in [-0.25, -0.2) is 4.98 Å². The highest BCUT2D eigenvalue weighted by molar-refractivity contribution is 7.21. The Bertz CT molecular complexity index is 1100. The summed E-state index contributed by atoms with van der Waals surface area (Å²) in [5.41, 5.74) is 4.47. The topological polar surface area (TPSA) is 51.2 Å². The molecule has 0 fully saturated rings. The second-order valence-corrected chi connectivity index (χ2v) is 7.23. The molecule has 4 aromatic rings. The Morgan fingerprint density at radius 1 is 1.04 bits per heavy atom. The molecule has 27 heavy (non-hydrogen) atoms. The van der Waals surface area contributed by atoms with Crippen LogP contribution in [-0.4, -0.2) is 18.0 Å². The van der Waals surface area contributed by atoms with E-state index in [1.165, 1.54) is 4.70 Å². The molecule has 0 aliphatic heterocycles. The van der Waals surface area contributed by atoms with E-state index < -0.39 is 0 Å². The molecular formula is C22H18N2O2S. The van der Waals surface area contributed by atoms with E-state index in [0.717, 1.165) is 27.3 Å². The Morgan fingerprint density at radius 3 is 2.67 bits per heavy atom. The van der Waals surface area contributed by atoms with Crippen molar-refractivity contribution in [1.29, 1.82) is 0 Å². The molecule has 0 atom stereocenters. The van der Waals surface area contributed by atoms with Gasteiger partial charge in [-0.3, -0.25) is 4.79 Å². The Kier molecular flexibility index (Phi) is 4.60. The summed E-state index contributed by atoms with van der Waals surface area (Å²) < 4.78 is 6.35. The summed E-state index contributed by atoms with van der Waals surface area (Å²) in [4.78, 5) is 17.2. The van der Waals surface area contributed by atoms with Gasteiger partial charge in [0, 0.05) is 16.8 Å². The van der Waals surface area contributed by atoms with Gasteiger partial charge in [0.1, 0.15) is 10.8 Å². The normalized spacial score (nSPS) is 10.7. The van der Waals surface area contributed by atoms with Crippen LogP contribution in [0.3, 0.4) is 0 Å². The fraction of sp³-hybridized carbons (Fsp3) is 0.0909. The molecule has 4 rings (SSSR count). The summed E-state index contributed by atoms with van der Waals surface area (Å²) in [6, 6.07) is 21.1. The maximum absolute atomic E-state index is 12.5. The lowest BCUT2D eigenvalue weighted by atomic mass is 10.1. The average molecular weight is 374 g/mol. The van der Waals surface area contributed by atoms with Gasteiger partial charge >= 0.3 is 0 Å². The zero-order chi connectivity index (χ0) is 18.8. The molecular weight excluding hydrogens is 356 g/mol. The lowest BCUT2D eigenvalue weighted by Gasteiger charge is -2.09. The fourth-order valence-corrected chi connectivity index (χ4v) is 3.99. The van der Waals surface area contributed by atoms with Crippen molar-refractivity contribution in [2.75, 3.05) is 12.4 Å². The van der Waals surface area contributed by atoms with Gasteiger partial charge in [0.05, 0.1) is 17.3 Å². The number of hydrogen-bond acceptors (Lipinski definition) is 4. The number of benzene rings is 3. The molecule has 0 saturated heterocycles. The summed E-state index contributed by atoms with van der Waals surface area (Å²) in [5.74, 6) is 0.492. The van der Waals surface area contributed by atoms with Crippen molar-refractivity contribution in [2.45, 2.75) is 6.92 Å². The Balaban J connectivity index is 1.58. The summed E-state index contributed by atoms with van der Waals surface area (Å²) in [6.07, 6.45) is 0. The number of anilines is 1. The SMILES string of the molecule is COc1cccc(C(=O)Nc2ccc(-c3nc4ccccc4s3)c(C)c2)c1. The van der Waals surface area contributed by atoms with Crippen LogP contribution in [0.15, 0.2) is 66.7 Å². The first-order valence-electron chi connectivity index (χ1n) is 8.56. The van der Waals surface area contributed by atoms with Gasteiger partial charge < -0.3 is 10.1 Å². The molecule has 0 aliphatic rings. The van der Waals surface area contributed by atoms with Crippen molar-refractivity contribution in [1.82, 2.24) is 4.98 Å². The van der Waals surface area contributed by atoms with Crippen LogP contribution in [0.25, 0.3) is 20.8 Å². The minimum atomic E-state index is -0.166. The van der Waals surface area contributed by atoms with Crippen LogP contribution in [0, 0.1) is 6.92 Å². The number of ether oxygens (including phenoxy) is 1. The van der Waals surface area contributed by atoms with Crippen molar-refractivity contribution in [3.63, 3.8) is 0 Å². The highest BCUT2D eigenvalue weighted by Gasteiger charge is 2.11. The lowest BCUT2D eigenvalue weighted by molar-refractivity contribution is 0.102. The number of nitrogens with one attached hydrogen (secondary N) is 1. The molecule has 0 bridgehead atoms. The number of fused-ring (bicyclic) bond motifs is 1. The van der Waals surface area contributed by atoms with E-state index in [1.54, 1.807) is 36.6 Å². The van der Waals surface area contributed by atoms with E-state index in [-0.39, 0.29) is 5.91 Å². The Hall–Kier alpha value is -3.18. The molecule has 0 spiro atoms. The zero-order valence-corrected chi connectivity index (χ0v) is 15.8. The quantitative estimate of drug-likeness (QED) is 0.511. The molecule has 3 aromatic carbocycles. The second-order valence-electron chi connectivity index (χ2n) is 6.20. The van der Waals surface area contributed by atoms with Gasteiger partial charge in [0.15, 0.2) is 0 Å². The fourth-order valence-electron chi connectivity index (χ4n) is 2.94. The van der Waals surface area contributed by atoms with Crippen molar-refractivity contribution in [3.8, 4) is 16.3 Å². The molecule has 0 unspecified atom stereocenters. The van der Waals surface area contributed by atoms with Crippen molar-refractivity contribution in [2.24, 2.45) is 0 Å². The molecule has 1 N–H and O–H groups in total. The number of aromatic nitrogens is 1. The highest BCUT2D eigenvalue weighted by Crippen LogP contribution is 2.33. The van der Waals surface area contributed by atoms with E-state index in [1.807, 2.05) is 49.4 Å². The molecule has 1 heterocycles. The van der Waals surface area contributed by atoms with E-state index >= 15 is 0 Å².